The topological polar surface area (TPSA) is 135 Å². The van der Waals surface area contributed by atoms with Crippen molar-refractivity contribution < 1.29 is 28.7 Å². The summed E-state index contributed by atoms with van der Waals surface area (Å²) in [5.41, 5.74) is 2.74. The molecule has 3 heterocycles. The Labute approximate surface area is 270 Å². The SMILES string of the molecule is CCOC(=O)c1ccc(NC(=O)COc2ccc(Cl)cc2[C@@H]2c3sc(=O)[nH]c3S[C@H]3C(=O)N(c4ccc(C)cc4)C(=O)[C@@H]23)cc1. The number of anilines is 2. The summed E-state index contributed by atoms with van der Waals surface area (Å²) >= 11 is 8.58. The molecular formula is C32H26ClN3O7S2. The van der Waals surface area contributed by atoms with Crippen LogP contribution in [0.1, 0.15) is 39.2 Å². The van der Waals surface area contributed by atoms with Crippen LogP contribution in [0.25, 0.3) is 0 Å². The van der Waals surface area contributed by atoms with Crippen molar-refractivity contribution in [2.45, 2.75) is 30.0 Å². The largest absolute Gasteiger partial charge is 0.483 e. The summed E-state index contributed by atoms with van der Waals surface area (Å²) in [6.07, 6.45) is 0. The van der Waals surface area contributed by atoms with Crippen LogP contribution in [0.3, 0.4) is 0 Å². The molecule has 0 spiro atoms. The number of aromatic amines is 1. The van der Waals surface area contributed by atoms with Gasteiger partial charge < -0.3 is 19.8 Å². The van der Waals surface area contributed by atoms with Crippen LogP contribution in [0.2, 0.25) is 5.02 Å². The van der Waals surface area contributed by atoms with Gasteiger partial charge >= 0.3 is 10.8 Å². The molecule has 0 radical (unpaired) electrons. The lowest BCUT2D eigenvalue weighted by molar-refractivity contribution is -0.122. The molecule has 1 aromatic heterocycles. The van der Waals surface area contributed by atoms with Crippen molar-refractivity contribution in [1.29, 1.82) is 0 Å². The number of thioether (sulfide) groups is 1. The third kappa shape index (κ3) is 6.00. The van der Waals surface area contributed by atoms with E-state index in [1.807, 2.05) is 19.1 Å². The van der Waals surface area contributed by atoms with Gasteiger partial charge in [0.15, 0.2) is 6.61 Å². The van der Waals surface area contributed by atoms with Crippen LogP contribution in [0.5, 0.6) is 5.75 Å². The Morgan fingerprint density at radius 3 is 2.44 bits per heavy atom. The number of aryl methyl sites for hydroxylation is 1. The molecular weight excluding hydrogens is 638 g/mol. The maximum Gasteiger partial charge on any atom is 0.338 e. The van der Waals surface area contributed by atoms with E-state index in [-0.39, 0.29) is 29.7 Å². The quantitative estimate of drug-likeness (QED) is 0.189. The zero-order valence-electron chi connectivity index (χ0n) is 24.0. The summed E-state index contributed by atoms with van der Waals surface area (Å²) in [7, 11) is 0. The Kier molecular flexibility index (Phi) is 8.54. The summed E-state index contributed by atoms with van der Waals surface area (Å²) in [6.45, 7) is 3.50. The Hall–Kier alpha value is -4.39. The average Bonchev–Trinajstić information content (AvgIpc) is 3.51. The van der Waals surface area contributed by atoms with Gasteiger partial charge in [-0.05, 0) is 68.4 Å². The number of nitrogens with one attached hydrogen (secondary N) is 2. The summed E-state index contributed by atoms with van der Waals surface area (Å²) < 4.78 is 11.0. The fraction of sp³-hybridized carbons (Fsp3) is 0.219. The Balaban J connectivity index is 1.28. The van der Waals surface area contributed by atoms with Crippen LogP contribution in [0.15, 0.2) is 76.6 Å². The molecule has 2 aliphatic heterocycles. The Morgan fingerprint density at radius 1 is 1.00 bits per heavy atom. The molecule has 0 saturated carbocycles. The average molecular weight is 664 g/mol. The Bertz CT molecular complexity index is 1870. The number of hydrogen-bond donors (Lipinski definition) is 2. The van der Waals surface area contributed by atoms with E-state index in [1.54, 1.807) is 61.5 Å². The molecule has 6 rings (SSSR count). The van der Waals surface area contributed by atoms with Gasteiger partial charge in [0.25, 0.3) is 5.91 Å². The molecule has 2 aliphatic rings. The number of halogens is 1. The summed E-state index contributed by atoms with van der Waals surface area (Å²) in [5.74, 6) is -3.01. The number of amides is 3. The molecule has 1 saturated heterocycles. The molecule has 1 fully saturated rings. The first-order valence-electron chi connectivity index (χ1n) is 14.0. The van der Waals surface area contributed by atoms with Crippen molar-refractivity contribution in [3.8, 4) is 5.75 Å². The molecule has 4 aromatic rings. The van der Waals surface area contributed by atoms with Gasteiger partial charge in [0.1, 0.15) is 11.0 Å². The van der Waals surface area contributed by atoms with Crippen LogP contribution in [0, 0.1) is 12.8 Å². The molecule has 0 bridgehead atoms. The van der Waals surface area contributed by atoms with Crippen molar-refractivity contribution in [1.82, 2.24) is 4.98 Å². The Morgan fingerprint density at radius 2 is 1.73 bits per heavy atom. The van der Waals surface area contributed by atoms with E-state index in [1.165, 1.54) is 16.7 Å². The fourth-order valence-electron chi connectivity index (χ4n) is 5.44. The second kappa shape index (κ2) is 12.5. The van der Waals surface area contributed by atoms with Crippen molar-refractivity contribution in [3.63, 3.8) is 0 Å². The van der Waals surface area contributed by atoms with Gasteiger partial charge in [-0.25, -0.2) is 9.69 Å². The summed E-state index contributed by atoms with van der Waals surface area (Å²) in [6, 6.07) is 18.2. The van der Waals surface area contributed by atoms with Crippen LogP contribution < -0.4 is 19.8 Å². The van der Waals surface area contributed by atoms with Gasteiger partial charge in [-0.2, -0.15) is 0 Å². The zero-order valence-corrected chi connectivity index (χ0v) is 26.4. The van der Waals surface area contributed by atoms with Gasteiger partial charge in [0.2, 0.25) is 11.8 Å². The number of fused-ring (bicyclic) bond motifs is 2. The third-order valence-electron chi connectivity index (χ3n) is 7.46. The van der Waals surface area contributed by atoms with E-state index in [0.717, 1.165) is 16.9 Å². The monoisotopic (exact) mass is 663 g/mol. The fourth-order valence-corrected chi connectivity index (χ4v) is 8.13. The van der Waals surface area contributed by atoms with Gasteiger partial charge in [0, 0.05) is 27.1 Å². The maximum absolute atomic E-state index is 14.0. The van der Waals surface area contributed by atoms with E-state index in [0.29, 0.717) is 37.4 Å². The third-order valence-corrected chi connectivity index (χ3v) is 10.1. The molecule has 2 N–H and O–H groups in total. The molecule has 45 heavy (non-hydrogen) atoms. The smallest absolute Gasteiger partial charge is 0.338 e. The highest BCUT2D eigenvalue weighted by Crippen LogP contribution is 2.54. The normalized spacial score (nSPS) is 18.7. The number of thiazole rings is 1. The number of rotatable bonds is 8. The highest BCUT2D eigenvalue weighted by atomic mass is 35.5. The molecule has 3 atom stereocenters. The van der Waals surface area contributed by atoms with Crippen LogP contribution in [-0.4, -0.2) is 47.1 Å². The van der Waals surface area contributed by atoms with Crippen LogP contribution in [-0.2, 0) is 19.1 Å². The lowest BCUT2D eigenvalue weighted by atomic mass is 9.82. The highest BCUT2D eigenvalue weighted by Gasteiger charge is 2.56. The highest BCUT2D eigenvalue weighted by molar-refractivity contribution is 8.00. The summed E-state index contributed by atoms with van der Waals surface area (Å²) in [5, 5.41) is 2.79. The molecule has 10 nitrogen and oxygen atoms in total. The lowest BCUT2D eigenvalue weighted by Crippen LogP contribution is -2.32. The van der Waals surface area contributed by atoms with E-state index in [2.05, 4.69) is 10.3 Å². The minimum absolute atomic E-state index is 0.252. The molecule has 3 aromatic carbocycles. The summed E-state index contributed by atoms with van der Waals surface area (Å²) in [4.78, 5) is 69.3. The minimum Gasteiger partial charge on any atom is -0.483 e. The molecule has 13 heteroatoms. The van der Waals surface area contributed by atoms with Gasteiger partial charge in [-0.1, -0.05) is 52.4 Å². The number of nitrogens with zero attached hydrogens (tertiary/aromatic N) is 1. The predicted molar refractivity (Wildman–Crippen MR) is 172 cm³/mol. The van der Waals surface area contributed by atoms with Crippen molar-refractivity contribution >= 4 is 69.8 Å². The number of carbonyl (C=O) groups excluding carboxylic acids is 4. The van der Waals surface area contributed by atoms with E-state index < -0.39 is 34.9 Å². The number of imide groups is 1. The molecule has 230 valence electrons. The minimum atomic E-state index is -0.852. The number of H-pyrrole nitrogens is 1. The van der Waals surface area contributed by atoms with Gasteiger partial charge in [-0.15, -0.1) is 0 Å². The number of ether oxygens (including phenoxy) is 2. The number of hydrogen-bond acceptors (Lipinski definition) is 9. The molecule has 3 amide bonds. The number of esters is 1. The van der Waals surface area contributed by atoms with Gasteiger partial charge in [0.05, 0.1) is 28.8 Å². The van der Waals surface area contributed by atoms with Gasteiger partial charge in [-0.3, -0.25) is 19.2 Å². The standard InChI is InChI=1S/C32H26ClN3O7S2/c1-3-42-31(40)17-6-9-19(10-7-17)34-23(37)15-43-22-13-8-18(33)14-21(22)24-25-27(44-28-26(24)45-32(41)35-28)30(39)36(29(25)38)20-11-4-16(2)5-12-20/h4-14,24-25,27H,3,15H2,1-2H3,(H,34,37)(H,35,41)/t24-,25-,27+/m0/s1. The van der Waals surface area contributed by atoms with E-state index in [4.69, 9.17) is 21.1 Å². The number of benzene rings is 3. The van der Waals surface area contributed by atoms with Crippen molar-refractivity contribution in [2.75, 3.05) is 23.4 Å². The maximum atomic E-state index is 14.0. The first kappa shape index (κ1) is 30.6. The molecule has 0 aliphatic carbocycles. The van der Waals surface area contributed by atoms with Crippen molar-refractivity contribution in [2.24, 2.45) is 5.92 Å². The first-order chi connectivity index (χ1) is 21.6. The van der Waals surface area contributed by atoms with Crippen molar-refractivity contribution in [3.05, 3.63) is 103 Å². The molecule has 0 unspecified atom stereocenters. The zero-order chi connectivity index (χ0) is 31.8. The predicted octanol–water partition coefficient (Wildman–Crippen LogP) is 5.39. The van der Waals surface area contributed by atoms with E-state index in [9.17, 15) is 24.0 Å². The lowest BCUT2D eigenvalue weighted by Gasteiger charge is -2.31. The second-order valence-electron chi connectivity index (χ2n) is 10.4. The van der Waals surface area contributed by atoms with Crippen LogP contribution >= 0.6 is 34.7 Å². The first-order valence-corrected chi connectivity index (χ1v) is 16.1. The van der Waals surface area contributed by atoms with E-state index >= 15 is 0 Å². The number of carbonyl (C=O) groups is 4. The number of aromatic nitrogens is 1. The van der Waals surface area contributed by atoms with Crippen LogP contribution in [0.4, 0.5) is 11.4 Å². The second-order valence-corrected chi connectivity index (χ2v) is 13.0.